The van der Waals surface area contributed by atoms with Crippen LogP contribution in [-0.4, -0.2) is 16.0 Å². The lowest BCUT2D eigenvalue weighted by Crippen LogP contribution is -2.14. The number of carbonyl (C=O) groups is 1. The minimum Gasteiger partial charge on any atom is -0.506 e. The molecule has 0 saturated carbocycles. The average molecular weight is 234 g/mol. The van der Waals surface area contributed by atoms with Crippen LogP contribution in [-0.2, 0) is 11.2 Å². The first kappa shape index (κ1) is 10.6. The van der Waals surface area contributed by atoms with E-state index in [0.29, 0.717) is 5.69 Å². The van der Waals surface area contributed by atoms with Crippen molar-refractivity contribution in [2.45, 2.75) is 6.42 Å². The highest BCUT2D eigenvalue weighted by atomic mass is 32.1. The molecule has 0 radical (unpaired) electrons. The van der Waals surface area contributed by atoms with Gasteiger partial charge in [-0.25, -0.2) is 4.98 Å². The summed E-state index contributed by atoms with van der Waals surface area (Å²) in [6.45, 7) is 0. The predicted molar refractivity (Wildman–Crippen MR) is 62.6 cm³/mol. The van der Waals surface area contributed by atoms with Crippen LogP contribution in [0.15, 0.2) is 35.2 Å². The molecule has 82 valence electrons. The molecule has 0 bridgehead atoms. The van der Waals surface area contributed by atoms with Gasteiger partial charge in [-0.15, -0.1) is 11.3 Å². The molecule has 2 aromatic rings. The molecule has 0 saturated heterocycles. The molecule has 5 heteroatoms. The van der Waals surface area contributed by atoms with Crippen molar-refractivity contribution in [1.29, 1.82) is 0 Å². The zero-order valence-electron chi connectivity index (χ0n) is 8.38. The number of para-hydroxylation sites is 2. The van der Waals surface area contributed by atoms with Gasteiger partial charge in [-0.1, -0.05) is 12.1 Å². The lowest BCUT2D eigenvalue weighted by atomic mass is 10.2. The number of aromatic nitrogens is 1. The monoisotopic (exact) mass is 234 g/mol. The normalized spacial score (nSPS) is 10.0. The lowest BCUT2D eigenvalue weighted by Gasteiger charge is -2.05. The van der Waals surface area contributed by atoms with Crippen LogP contribution in [0.3, 0.4) is 0 Å². The molecular weight excluding hydrogens is 224 g/mol. The number of nitrogens with zero attached hydrogens (tertiary/aromatic N) is 1. The Bertz CT molecular complexity index is 482. The molecule has 1 aromatic heterocycles. The van der Waals surface area contributed by atoms with E-state index in [1.54, 1.807) is 23.7 Å². The fraction of sp³-hybridized carbons (Fsp3) is 0.0909. The van der Waals surface area contributed by atoms with Gasteiger partial charge >= 0.3 is 0 Å². The highest BCUT2D eigenvalue weighted by Crippen LogP contribution is 2.21. The molecule has 0 spiro atoms. The molecule has 1 heterocycles. The van der Waals surface area contributed by atoms with E-state index in [2.05, 4.69) is 10.3 Å². The zero-order chi connectivity index (χ0) is 11.4. The summed E-state index contributed by atoms with van der Waals surface area (Å²) < 4.78 is 0. The second kappa shape index (κ2) is 4.76. The molecule has 1 amide bonds. The van der Waals surface area contributed by atoms with Crippen molar-refractivity contribution in [3.63, 3.8) is 0 Å². The number of amides is 1. The van der Waals surface area contributed by atoms with Gasteiger partial charge in [0.1, 0.15) is 5.75 Å². The van der Waals surface area contributed by atoms with Gasteiger partial charge in [0.2, 0.25) is 5.91 Å². The third kappa shape index (κ3) is 2.58. The molecule has 2 N–H and O–H groups in total. The van der Waals surface area contributed by atoms with E-state index in [0.717, 1.165) is 5.69 Å². The van der Waals surface area contributed by atoms with Crippen LogP contribution < -0.4 is 5.32 Å². The van der Waals surface area contributed by atoms with Gasteiger partial charge in [-0.3, -0.25) is 4.79 Å². The Labute approximate surface area is 96.6 Å². The summed E-state index contributed by atoms with van der Waals surface area (Å²) >= 11 is 1.45. The molecule has 16 heavy (non-hydrogen) atoms. The fourth-order valence-corrected chi connectivity index (χ4v) is 1.82. The number of nitrogens with one attached hydrogen (secondary N) is 1. The van der Waals surface area contributed by atoms with Crippen LogP contribution in [0.4, 0.5) is 5.69 Å². The highest BCUT2D eigenvalue weighted by molar-refractivity contribution is 7.07. The van der Waals surface area contributed by atoms with Gasteiger partial charge in [-0.2, -0.15) is 0 Å². The highest BCUT2D eigenvalue weighted by Gasteiger charge is 2.07. The standard InChI is InChI=1S/C11H10N2O2S/c14-10-4-2-1-3-9(10)13-11(15)5-8-6-16-7-12-8/h1-4,6-7,14H,5H2,(H,13,15). The number of anilines is 1. The topological polar surface area (TPSA) is 62.2 Å². The Morgan fingerprint density at radius 1 is 1.44 bits per heavy atom. The van der Waals surface area contributed by atoms with Crippen LogP contribution in [0.25, 0.3) is 0 Å². The minimum absolute atomic E-state index is 0.0640. The summed E-state index contributed by atoms with van der Waals surface area (Å²) in [7, 11) is 0. The third-order valence-corrected chi connectivity index (χ3v) is 2.64. The van der Waals surface area contributed by atoms with E-state index < -0.39 is 0 Å². The Morgan fingerprint density at radius 3 is 2.94 bits per heavy atom. The van der Waals surface area contributed by atoms with Crippen molar-refractivity contribution in [2.75, 3.05) is 5.32 Å². The first-order valence-electron chi connectivity index (χ1n) is 4.70. The summed E-state index contributed by atoms with van der Waals surface area (Å²) in [4.78, 5) is 15.6. The smallest absolute Gasteiger partial charge is 0.230 e. The van der Waals surface area contributed by atoms with E-state index >= 15 is 0 Å². The number of thiazole rings is 1. The van der Waals surface area contributed by atoms with Crippen molar-refractivity contribution >= 4 is 22.9 Å². The van der Waals surface area contributed by atoms with Gasteiger partial charge in [0.25, 0.3) is 0 Å². The summed E-state index contributed by atoms with van der Waals surface area (Å²) in [5.74, 6) is -0.124. The average Bonchev–Trinajstić information content (AvgIpc) is 2.74. The summed E-state index contributed by atoms with van der Waals surface area (Å²) in [5.41, 5.74) is 2.84. The van der Waals surface area contributed by atoms with Crippen LogP contribution in [0.1, 0.15) is 5.69 Å². The predicted octanol–water partition coefficient (Wildman–Crippen LogP) is 2.03. The number of hydrogen-bond acceptors (Lipinski definition) is 4. The first-order chi connectivity index (χ1) is 7.75. The molecule has 0 fully saturated rings. The van der Waals surface area contributed by atoms with Crippen LogP contribution in [0, 0.1) is 0 Å². The van der Waals surface area contributed by atoms with Crippen LogP contribution >= 0.6 is 11.3 Å². The molecule has 0 unspecified atom stereocenters. The van der Waals surface area contributed by atoms with E-state index in [1.807, 2.05) is 5.38 Å². The third-order valence-electron chi connectivity index (χ3n) is 2.00. The quantitative estimate of drug-likeness (QED) is 0.799. The molecular formula is C11H10N2O2S. The lowest BCUT2D eigenvalue weighted by molar-refractivity contribution is -0.115. The maximum Gasteiger partial charge on any atom is 0.230 e. The Hall–Kier alpha value is -1.88. The summed E-state index contributed by atoms with van der Waals surface area (Å²) in [6.07, 6.45) is 0.220. The number of benzene rings is 1. The number of carbonyl (C=O) groups excluding carboxylic acids is 1. The van der Waals surface area contributed by atoms with Crippen molar-refractivity contribution < 1.29 is 9.90 Å². The molecule has 0 aliphatic rings. The number of aromatic hydroxyl groups is 1. The number of rotatable bonds is 3. The van der Waals surface area contributed by atoms with Crippen molar-refractivity contribution in [3.05, 3.63) is 40.8 Å². The number of phenolic OH excluding ortho intramolecular Hbond substituents is 1. The van der Waals surface area contributed by atoms with E-state index in [-0.39, 0.29) is 18.1 Å². The van der Waals surface area contributed by atoms with Gasteiger partial charge in [0.05, 0.1) is 23.3 Å². The second-order valence-electron chi connectivity index (χ2n) is 3.22. The Kier molecular flexibility index (Phi) is 3.16. The van der Waals surface area contributed by atoms with Gasteiger partial charge in [0, 0.05) is 5.38 Å². The second-order valence-corrected chi connectivity index (χ2v) is 3.94. The van der Waals surface area contributed by atoms with E-state index in [1.165, 1.54) is 17.4 Å². The largest absolute Gasteiger partial charge is 0.506 e. The minimum atomic E-state index is -0.188. The van der Waals surface area contributed by atoms with Crippen molar-refractivity contribution in [1.82, 2.24) is 4.98 Å². The number of phenols is 1. The fourth-order valence-electron chi connectivity index (χ4n) is 1.26. The van der Waals surface area contributed by atoms with Crippen LogP contribution in [0.5, 0.6) is 5.75 Å². The molecule has 2 rings (SSSR count). The Morgan fingerprint density at radius 2 is 2.25 bits per heavy atom. The first-order valence-corrected chi connectivity index (χ1v) is 5.65. The maximum absolute atomic E-state index is 11.6. The SMILES string of the molecule is O=C(Cc1cscn1)Nc1ccccc1O. The summed E-state index contributed by atoms with van der Waals surface area (Å²) in [5, 5.41) is 13.9. The van der Waals surface area contributed by atoms with Crippen LogP contribution in [0.2, 0.25) is 0 Å². The van der Waals surface area contributed by atoms with Crippen molar-refractivity contribution in [2.24, 2.45) is 0 Å². The molecule has 0 aliphatic carbocycles. The maximum atomic E-state index is 11.6. The molecule has 4 nitrogen and oxygen atoms in total. The number of hydrogen-bond donors (Lipinski definition) is 2. The molecule has 0 aliphatic heterocycles. The van der Waals surface area contributed by atoms with E-state index in [9.17, 15) is 9.90 Å². The molecule has 0 atom stereocenters. The zero-order valence-corrected chi connectivity index (χ0v) is 9.20. The van der Waals surface area contributed by atoms with Gasteiger partial charge < -0.3 is 10.4 Å². The van der Waals surface area contributed by atoms with Gasteiger partial charge in [-0.05, 0) is 12.1 Å². The summed E-state index contributed by atoms with van der Waals surface area (Å²) in [6, 6.07) is 6.62. The van der Waals surface area contributed by atoms with Crippen molar-refractivity contribution in [3.8, 4) is 5.75 Å². The van der Waals surface area contributed by atoms with E-state index in [4.69, 9.17) is 0 Å². The van der Waals surface area contributed by atoms with Gasteiger partial charge in [0.15, 0.2) is 0 Å². The molecule has 1 aromatic carbocycles. The Balaban J connectivity index is 2.00.